The maximum atomic E-state index is 12.4. The summed E-state index contributed by atoms with van der Waals surface area (Å²) in [6.45, 7) is 7.52. The van der Waals surface area contributed by atoms with Crippen LogP contribution in [0, 0.1) is 39.9 Å². The molecule has 10 N–H and O–H groups in total. The number of hydrogen-bond acceptors (Lipinski definition) is 20. The first-order chi connectivity index (χ1) is 40.1. The third-order valence-electron chi connectivity index (χ3n) is 14.3. The van der Waals surface area contributed by atoms with E-state index in [2.05, 4.69) is 58.3 Å². The second-order valence-electron chi connectivity index (χ2n) is 20.0. The highest BCUT2D eigenvalue weighted by Gasteiger charge is 2.49. The summed E-state index contributed by atoms with van der Waals surface area (Å²) in [7, 11) is 0. The summed E-state index contributed by atoms with van der Waals surface area (Å²) in [5.74, 6) is 9.09. The van der Waals surface area contributed by atoms with Crippen molar-refractivity contribution in [1.82, 2.24) is 59.5 Å². The lowest BCUT2D eigenvalue weighted by atomic mass is 9.94. The molecule has 83 heavy (non-hydrogen) atoms. The van der Waals surface area contributed by atoms with Gasteiger partial charge in [0.2, 0.25) is 5.82 Å². The van der Waals surface area contributed by atoms with Crippen molar-refractivity contribution in [3.05, 3.63) is 94.1 Å². The number of nitrogens with one attached hydrogen (secondary N) is 2. The molecule has 26 nitrogen and oxygen atoms in total. The second kappa shape index (κ2) is 29.0. The normalized spacial score (nSPS) is 22.5. The average molecular weight is 1260 g/mol. The van der Waals surface area contributed by atoms with Crippen LogP contribution in [0.15, 0.2) is 73.3 Å². The highest BCUT2D eigenvalue weighted by molar-refractivity contribution is 14.1. The smallest absolute Gasteiger partial charge is 0.410 e. The number of anilines is 2. The fourth-order valence-electron chi connectivity index (χ4n) is 9.74. The minimum absolute atomic E-state index is 0.105. The number of likely N-dealkylation sites (N-methyl/N-ethyl adjacent to an activating group) is 2. The van der Waals surface area contributed by atoms with Gasteiger partial charge in [-0.05, 0) is 68.4 Å². The molecule has 4 fully saturated rings. The van der Waals surface area contributed by atoms with Crippen LogP contribution in [0.1, 0.15) is 81.8 Å². The van der Waals surface area contributed by atoms with Gasteiger partial charge in [0.15, 0.2) is 51.4 Å². The Morgan fingerprint density at radius 2 is 1.08 bits per heavy atom. The molecule has 4 amide bonds. The fourth-order valence-corrected chi connectivity index (χ4v) is 10.2. The van der Waals surface area contributed by atoms with Gasteiger partial charge >= 0.3 is 12.2 Å². The number of piperidine rings is 2. The van der Waals surface area contributed by atoms with Crippen molar-refractivity contribution in [2.75, 3.05) is 50.7 Å². The van der Waals surface area contributed by atoms with Gasteiger partial charge in [-0.3, -0.25) is 18.7 Å². The Morgan fingerprint density at radius 1 is 0.651 bits per heavy atom. The van der Waals surface area contributed by atoms with Crippen molar-refractivity contribution in [1.29, 1.82) is 0 Å². The van der Waals surface area contributed by atoms with E-state index in [0.717, 1.165) is 56.3 Å². The zero-order valence-electron chi connectivity index (χ0n) is 45.7. The van der Waals surface area contributed by atoms with E-state index in [9.17, 15) is 39.6 Å². The van der Waals surface area contributed by atoms with Gasteiger partial charge in [0, 0.05) is 74.7 Å². The minimum atomic E-state index is -1.43. The summed E-state index contributed by atoms with van der Waals surface area (Å²) in [5, 5.41) is 46.4. The van der Waals surface area contributed by atoms with Gasteiger partial charge < -0.3 is 71.3 Å². The molecule has 0 radical (unpaired) electrons. The second-order valence-corrected chi connectivity index (χ2v) is 20.9. The number of aliphatic hydroxyl groups is 4. The number of imidazole rings is 2. The van der Waals surface area contributed by atoms with E-state index in [1.54, 1.807) is 23.6 Å². The van der Waals surface area contributed by atoms with E-state index in [0.29, 0.717) is 66.0 Å². The number of carbonyl (C=O) groups excluding carboxylic acids is 4. The first kappa shape index (κ1) is 61.3. The largest absolute Gasteiger partial charge is 0.445 e. The molecular weight excluding hydrogens is 1190 g/mol. The number of terminal acetylenes is 1. The number of halogens is 1. The summed E-state index contributed by atoms with van der Waals surface area (Å²) in [6, 6.07) is 19.3. The number of nitrogens with two attached hydrogens (primary N) is 2. The average Bonchev–Trinajstić information content (AvgIpc) is 3.21. The van der Waals surface area contributed by atoms with Gasteiger partial charge in [0.05, 0.1) is 12.7 Å². The first-order valence-electron chi connectivity index (χ1n) is 27.2. The number of hydrogen-bond donors (Lipinski definition) is 8. The van der Waals surface area contributed by atoms with Crippen LogP contribution in [0.3, 0.4) is 0 Å². The van der Waals surface area contributed by atoms with Gasteiger partial charge in [-0.2, -0.15) is 0 Å². The molecule has 4 aliphatic heterocycles. The maximum Gasteiger partial charge on any atom is 0.410 e. The van der Waals surface area contributed by atoms with Crippen molar-refractivity contribution in [3.8, 4) is 24.2 Å². The first-order valence-corrected chi connectivity index (χ1v) is 28.2. The Kier molecular flexibility index (Phi) is 21.4. The summed E-state index contributed by atoms with van der Waals surface area (Å²) in [6.07, 6.45) is 2.46. The third-order valence-corrected chi connectivity index (χ3v) is 14.7. The number of aliphatic hydroxyl groups excluding tert-OH is 4. The molecule has 6 aromatic rings. The number of likely N-dealkylation sites (tertiary alicyclic amines) is 2. The van der Waals surface area contributed by atoms with Crippen LogP contribution >= 0.6 is 22.6 Å². The third kappa shape index (κ3) is 15.3. The van der Waals surface area contributed by atoms with Crippen molar-refractivity contribution in [2.45, 2.75) is 115 Å². The molecular formula is C56H67IN14O12. The molecule has 0 spiro atoms. The van der Waals surface area contributed by atoms with Crippen LogP contribution in [0.25, 0.3) is 22.3 Å². The Balaban J connectivity index is 0.000000180. The number of benzene rings is 2. The highest BCUT2D eigenvalue weighted by atomic mass is 127. The van der Waals surface area contributed by atoms with Crippen LogP contribution in [0.5, 0.6) is 0 Å². The zero-order chi connectivity index (χ0) is 59.2. The Morgan fingerprint density at radius 3 is 1.53 bits per heavy atom. The van der Waals surface area contributed by atoms with Crippen LogP contribution in [0.2, 0.25) is 0 Å². The van der Waals surface area contributed by atoms with Crippen LogP contribution in [-0.2, 0) is 41.8 Å². The van der Waals surface area contributed by atoms with Crippen LogP contribution < -0.4 is 22.1 Å². The van der Waals surface area contributed by atoms with Gasteiger partial charge in [-0.15, -0.1) is 12.3 Å². The Hall–Kier alpha value is -7.77. The molecule has 4 aromatic heterocycles. The van der Waals surface area contributed by atoms with E-state index < -0.39 is 60.9 Å². The highest BCUT2D eigenvalue weighted by Crippen LogP contribution is 2.34. The SMILES string of the molecule is C#CCC1CCN(C(=O)OCc2ccccc2)CC1.CCNC(=O)[C@H]1O[C@@H](n2cnc3c(N)nc(C#CCC4CCN(C(=O)OCc5ccccc5)CC4)nc32)C(O)[C@H]1O.CCNC(=O)[C@H]1O[C@@H](n2cnc3c(N)nc(I)nc32)C(O)[C@H]1O. The van der Waals surface area contributed by atoms with Crippen molar-refractivity contribution >= 4 is 80.6 Å². The fraction of sp³-hybridized carbons (Fsp3) is 0.464. The lowest BCUT2D eigenvalue weighted by molar-refractivity contribution is -0.138. The molecule has 4 saturated heterocycles. The quantitative estimate of drug-likeness (QED) is 0.0496. The van der Waals surface area contributed by atoms with E-state index >= 15 is 0 Å². The molecule has 4 aliphatic rings. The molecule has 8 atom stereocenters. The summed E-state index contributed by atoms with van der Waals surface area (Å²) in [5.41, 5.74) is 15.1. The van der Waals surface area contributed by atoms with Gasteiger partial charge in [-0.25, -0.2) is 39.5 Å². The minimum Gasteiger partial charge on any atom is -0.445 e. The number of aromatic nitrogens is 8. The van der Waals surface area contributed by atoms with Crippen molar-refractivity contribution in [2.24, 2.45) is 11.8 Å². The molecule has 27 heteroatoms. The van der Waals surface area contributed by atoms with E-state index in [4.69, 9.17) is 36.8 Å². The predicted octanol–water partition coefficient (Wildman–Crippen LogP) is 2.78. The van der Waals surface area contributed by atoms with Gasteiger partial charge in [-0.1, -0.05) is 66.6 Å². The summed E-state index contributed by atoms with van der Waals surface area (Å²) in [4.78, 5) is 77.2. The van der Waals surface area contributed by atoms with E-state index in [-0.39, 0.29) is 47.4 Å². The van der Waals surface area contributed by atoms with Crippen molar-refractivity contribution < 1.29 is 58.6 Å². The number of amides is 4. The Bertz CT molecular complexity index is 3290. The van der Waals surface area contributed by atoms with Crippen LogP contribution in [-0.4, -0.2) is 169 Å². The number of nitrogen functional groups attached to an aromatic ring is 2. The van der Waals surface area contributed by atoms with Crippen molar-refractivity contribution in [3.63, 3.8) is 0 Å². The van der Waals surface area contributed by atoms with Gasteiger partial charge in [0.1, 0.15) is 48.7 Å². The lowest BCUT2D eigenvalue weighted by Gasteiger charge is -2.30. The number of fused-ring (bicyclic) bond motifs is 2. The Labute approximate surface area is 491 Å². The molecule has 0 bridgehead atoms. The summed E-state index contributed by atoms with van der Waals surface area (Å²) < 4.78 is 25.2. The van der Waals surface area contributed by atoms with E-state index in [1.807, 2.05) is 83.3 Å². The molecule has 2 aromatic carbocycles. The number of carbonyl (C=O) groups is 4. The predicted molar refractivity (Wildman–Crippen MR) is 308 cm³/mol. The topological polar surface area (TPSA) is 356 Å². The molecule has 10 rings (SSSR count). The molecule has 2 unspecified atom stereocenters. The lowest BCUT2D eigenvalue weighted by Crippen LogP contribution is -2.42. The molecule has 440 valence electrons. The number of ether oxygens (including phenoxy) is 4. The monoisotopic (exact) mass is 1250 g/mol. The number of rotatable bonds is 12. The molecule has 0 aliphatic carbocycles. The number of nitrogens with zero attached hydrogens (tertiary/aromatic N) is 10. The van der Waals surface area contributed by atoms with Crippen LogP contribution in [0.4, 0.5) is 21.2 Å². The molecule has 0 saturated carbocycles. The standard InChI is InChI=1S/C28H33N7O6.C16H19NO2.C12H15IN6O4/c1-2-30-26(38)23-21(36)22(37)27(41-23)35-16-31-20-24(29)32-19(33-25(20)35)10-6-9-17-11-13-34(14-12-17)28(39)40-15-18-7-4-3-5-8-18;1-2-6-14-9-11-17(12-10-14)16(18)19-13-15-7-4-3-5-8-15;1-2-15-10(22)7-5(20)6(21)11(23-7)19-3-16-4-8(14)17-12(13)18-9(4)19/h3-5,7-8,16-17,21-23,27,36-37H,2,9,11-15H2,1H3,(H,30,38)(H2,29,32,33);1,3-5,7-8,14H,6,9-13H2;3,5-7,11,20-21H,2H2,1H3,(H,15,22)(H2,14,17,18)/t21-,22?,23+,27-;;5-,6?,7+,11-/m1.1/s1. The summed E-state index contributed by atoms with van der Waals surface area (Å²) >= 11 is 1.91. The van der Waals surface area contributed by atoms with E-state index in [1.165, 1.54) is 21.8 Å². The maximum absolute atomic E-state index is 12.4. The zero-order valence-corrected chi connectivity index (χ0v) is 47.9. The van der Waals surface area contributed by atoms with Gasteiger partial charge in [0.25, 0.3) is 11.8 Å². The molecule has 8 heterocycles.